The highest BCUT2D eigenvalue weighted by Crippen LogP contribution is 2.17. The van der Waals surface area contributed by atoms with Gasteiger partial charge in [0.2, 0.25) is 0 Å². The largest absolute Gasteiger partial charge is 0.478 e. The van der Waals surface area contributed by atoms with E-state index < -0.39 is 5.97 Å². The molecule has 0 atom stereocenters. The van der Waals surface area contributed by atoms with Crippen molar-refractivity contribution in [2.24, 2.45) is 0 Å². The fourth-order valence-electron chi connectivity index (χ4n) is 2.06. The molecule has 0 unspecified atom stereocenters. The number of benzene rings is 2. The van der Waals surface area contributed by atoms with Gasteiger partial charge in [-0.05, 0) is 36.9 Å². The highest BCUT2D eigenvalue weighted by atomic mass is 79.9. The Labute approximate surface area is 131 Å². The first kappa shape index (κ1) is 15.7. The number of halogens is 2. The molecule has 2 rings (SSSR count). The van der Waals surface area contributed by atoms with Gasteiger partial charge in [-0.25, -0.2) is 9.18 Å². The molecule has 0 aliphatic heterocycles. The summed E-state index contributed by atoms with van der Waals surface area (Å²) in [6.07, 6.45) is 0. The number of rotatable bonds is 5. The summed E-state index contributed by atoms with van der Waals surface area (Å²) >= 11 is 3.23. The van der Waals surface area contributed by atoms with Gasteiger partial charge in [-0.3, -0.25) is 4.90 Å². The molecule has 0 fully saturated rings. The molecule has 0 aliphatic carbocycles. The van der Waals surface area contributed by atoms with Gasteiger partial charge in [-0.1, -0.05) is 34.1 Å². The Morgan fingerprint density at radius 2 is 1.86 bits per heavy atom. The van der Waals surface area contributed by atoms with Crippen molar-refractivity contribution in [3.05, 3.63) is 69.4 Å². The minimum Gasteiger partial charge on any atom is -0.478 e. The molecule has 1 N–H and O–H groups in total. The van der Waals surface area contributed by atoms with Crippen molar-refractivity contribution in [3.63, 3.8) is 0 Å². The van der Waals surface area contributed by atoms with Crippen LogP contribution in [0.3, 0.4) is 0 Å². The number of aromatic carboxylic acids is 1. The maximum Gasteiger partial charge on any atom is 0.335 e. The van der Waals surface area contributed by atoms with Crippen molar-refractivity contribution in [1.29, 1.82) is 0 Å². The zero-order chi connectivity index (χ0) is 15.4. The van der Waals surface area contributed by atoms with E-state index in [9.17, 15) is 9.18 Å². The predicted molar refractivity (Wildman–Crippen MR) is 82.7 cm³/mol. The van der Waals surface area contributed by atoms with E-state index in [0.29, 0.717) is 18.7 Å². The third-order valence-corrected chi connectivity index (χ3v) is 3.60. The van der Waals surface area contributed by atoms with Crippen LogP contribution in [0.15, 0.2) is 46.9 Å². The summed E-state index contributed by atoms with van der Waals surface area (Å²) in [6.45, 7) is 1.11. The molecule has 0 bridgehead atoms. The van der Waals surface area contributed by atoms with Gasteiger partial charge in [-0.15, -0.1) is 0 Å². The summed E-state index contributed by atoms with van der Waals surface area (Å²) in [5.74, 6) is -1.18. The van der Waals surface area contributed by atoms with Crippen LogP contribution in [0.5, 0.6) is 0 Å². The Morgan fingerprint density at radius 1 is 1.19 bits per heavy atom. The predicted octanol–water partition coefficient (Wildman–Crippen LogP) is 3.92. The van der Waals surface area contributed by atoms with E-state index in [1.165, 1.54) is 6.07 Å². The van der Waals surface area contributed by atoms with Crippen molar-refractivity contribution in [2.75, 3.05) is 7.05 Å². The highest BCUT2D eigenvalue weighted by Gasteiger charge is 2.08. The summed E-state index contributed by atoms with van der Waals surface area (Å²) in [7, 11) is 1.90. The van der Waals surface area contributed by atoms with Crippen LogP contribution < -0.4 is 0 Å². The number of carboxylic acid groups (broad SMARTS) is 1. The Balaban J connectivity index is 2.01. The van der Waals surface area contributed by atoms with E-state index in [2.05, 4.69) is 15.9 Å². The maximum absolute atomic E-state index is 13.8. The second kappa shape index (κ2) is 6.83. The smallest absolute Gasteiger partial charge is 0.335 e. The first-order valence-corrected chi connectivity index (χ1v) is 7.19. The van der Waals surface area contributed by atoms with Gasteiger partial charge in [0.05, 0.1) is 5.56 Å². The molecule has 2 aromatic carbocycles. The van der Waals surface area contributed by atoms with Crippen LogP contribution in [0.2, 0.25) is 0 Å². The van der Waals surface area contributed by atoms with Crippen molar-refractivity contribution >= 4 is 21.9 Å². The molecule has 21 heavy (non-hydrogen) atoms. The van der Waals surface area contributed by atoms with Crippen LogP contribution in [-0.4, -0.2) is 23.0 Å². The lowest BCUT2D eigenvalue weighted by Crippen LogP contribution is -2.18. The molecule has 110 valence electrons. The van der Waals surface area contributed by atoms with Crippen LogP contribution in [0.1, 0.15) is 21.5 Å². The number of carbonyl (C=O) groups is 1. The van der Waals surface area contributed by atoms with Crippen molar-refractivity contribution in [3.8, 4) is 0 Å². The fourth-order valence-corrected chi connectivity index (χ4v) is 2.39. The molecule has 0 amide bonds. The van der Waals surface area contributed by atoms with E-state index in [-0.39, 0.29) is 11.4 Å². The van der Waals surface area contributed by atoms with Crippen LogP contribution in [0, 0.1) is 5.82 Å². The lowest BCUT2D eigenvalue weighted by Gasteiger charge is -2.17. The first-order chi connectivity index (χ1) is 9.95. The third-order valence-electron chi connectivity index (χ3n) is 3.11. The Morgan fingerprint density at radius 3 is 2.43 bits per heavy atom. The van der Waals surface area contributed by atoms with Crippen LogP contribution >= 0.6 is 15.9 Å². The molecule has 0 saturated carbocycles. The van der Waals surface area contributed by atoms with Crippen LogP contribution in [0.4, 0.5) is 4.39 Å². The second-order valence-corrected chi connectivity index (χ2v) is 5.83. The minimum absolute atomic E-state index is 0.238. The molecule has 0 aromatic heterocycles. The van der Waals surface area contributed by atoms with Crippen molar-refractivity contribution < 1.29 is 14.3 Å². The molecule has 2 aromatic rings. The molecule has 0 heterocycles. The average Bonchev–Trinajstić information content (AvgIpc) is 2.42. The Hall–Kier alpha value is -1.72. The van der Waals surface area contributed by atoms with Gasteiger partial charge in [0.25, 0.3) is 0 Å². The van der Waals surface area contributed by atoms with E-state index in [4.69, 9.17) is 5.11 Å². The van der Waals surface area contributed by atoms with Gasteiger partial charge in [0.1, 0.15) is 5.82 Å². The molecular formula is C16H15BrFNO2. The highest BCUT2D eigenvalue weighted by molar-refractivity contribution is 9.10. The number of hydrogen-bond acceptors (Lipinski definition) is 2. The number of nitrogens with zero attached hydrogens (tertiary/aromatic N) is 1. The molecule has 0 aliphatic rings. The molecule has 5 heteroatoms. The first-order valence-electron chi connectivity index (χ1n) is 6.40. The second-order valence-electron chi connectivity index (χ2n) is 4.91. The zero-order valence-corrected chi connectivity index (χ0v) is 13.1. The van der Waals surface area contributed by atoms with Gasteiger partial charge >= 0.3 is 5.97 Å². The average molecular weight is 352 g/mol. The quantitative estimate of drug-likeness (QED) is 0.887. The summed E-state index contributed by atoms with van der Waals surface area (Å²) in [5, 5.41) is 8.85. The molecule has 3 nitrogen and oxygen atoms in total. The standard InChI is InChI=1S/C16H15BrFNO2/c1-19(10-13-6-7-14(17)8-15(13)18)9-11-2-4-12(5-3-11)16(20)21/h2-8H,9-10H2,1H3,(H,20,21). The molecular weight excluding hydrogens is 337 g/mol. The van der Waals surface area contributed by atoms with E-state index in [0.717, 1.165) is 10.0 Å². The summed E-state index contributed by atoms with van der Waals surface area (Å²) in [6, 6.07) is 11.7. The van der Waals surface area contributed by atoms with Crippen LogP contribution in [0.25, 0.3) is 0 Å². The van der Waals surface area contributed by atoms with E-state index in [1.54, 1.807) is 30.3 Å². The minimum atomic E-state index is -0.938. The number of carboxylic acids is 1. The third kappa shape index (κ3) is 4.37. The van der Waals surface area contributed by atoms with E-state index >= 15 is 0 Å². The molecule has 0 spiro atoms. The van der Waals surface area contributed by atoms with Crippen LogP contribution in [-0.2, 0) is 13.1 Å². The Bertz CT molecular complexity index is 643. The maximum atomic E-state index is 13.8. The van der Waals surface area contributed by atoms with Gasteiger partial charge in [0.15, 0.2) is 0 Å². The zero-order valence-electron chi connectivity index (χ0n) is 11.5. The topological polar surface area (TPSA) is 40.5 Å². The van der Waals surface area contributed by atoms with Crippen molar-refractivity contribution in [2.45, 2.75) is 13.1 Å². The SMILES string of the molecule is CN(Cc1ccc(C(=O)O)cc1)Cc1ccc(Br)cc1F. The fraction of sp³-hybridized carbons (Fsp3) is 0.188. The lowest BCUT2D eigenvalue weighted by molar-refractivity contribution is 0.0697. The summed E-state index contributed by atoms with van der Waals surface area (Å²) in [4.78, 5) is 12.8. The number of hydrogen-bond donors (Lipinski definition) is 1. The monoisotopic (exact) mass is 351 g/mol. The Kier molecular flexibility index (Phi) is 5.09. The van der Waals surface area contributed by atoms with Gasteiger partial charge < -0.3 is 5.11 Å². The van der Waals surface area contributed by atoms with E-state index in [1.807, 2.05) is 18.0 Å². The van der Waals surface area contributed by atoms with Gasteiger partial charge in [0, 0.05) is 23.1 Å². The van der Waals surface area contributed by atoms with Crippen molar-refractivity contribution in [1.82, 2.24) is 4.90 Å². The lowest BCUT2D eigenvalue weighted by atomic mass is 10.1. The molecule has 0 saturated heterocycles. The summed E-state index contributed by atoms with van der Waals surface area (Å²) in [5.41, 5.74) is 1.88. The normalized spacial score (nSPS) is 10.9. The molecule has 0 radical (unpaired) electrons. The van der Waals surface area contributed by atoms with Gasteiger partial charge in [-0.2, -0.15) is 0 Å². The summed E-state index contributed by atoms with van der Waals surface area (Å²) < 4.78 is 14.5.